The van der Waals surface area contributed by atoms with E-state index in [2.05, 4.69) is 36.5 Å². The minimum atomic E-state index is -0.735. The van der Waals surface area contributed by atoms with Crippen molar-refractivity contribution in [2.45, 2.75) is 11.8 Å². The van der Waals surface area contributed by atoms with Gasteiger partial charge >= 0.3 is 0 Å². The third kappa shape index (κ3) is 2.70. The fourth-order valence-electron chi connectivity index (χ4n) is 4.75. The zero-order valence-corrected chi connectivity index (χ0v) is 17.9. The summed E-state index contributed by atoms with van der Waals surface area (Å²) < 4.78 is 11.1. The summed E-state index contributed by atoms with van der Waals surface area (Å²) >= 11 is 6.18. The van der Waals surface area contributed by atoms with Crippen molar-refractivity contribution in [3.8, 4) is 17.3 Å². The number of nitrogens with zero attached hydrogens (tertiary/aromatic N) is 3. The van der Waals surface area contributed by atoms with Crippen LogP contribution in [0.5, 0.6) is 0 Å². The fraction of sp³-hybridized carbons (Fsp3) is 0.160. The van der Waals surface area contributed by atoms with E-state index in [0.717, 1.165) is 27.9 Å². The predicted molar refractivity (Wildman–Crippen MR) is 120 cm³/mol. The van der Waals surface area contributed by atoms with Crippen molar-refractivity contribution in [2.75, 3.05) is 19.2 Å². The van der Waals surface area contributed by atoms with Gasteiger partial charge in [-0.1, -0.05) is 60.1 Å². The molecule has 1 aliphatic heterocycles. The summed E-state index contributed by atoms with van der Waals surface area (Å²) in [6.45, 7) is 0. The van der Waals surface area contributed by atoms with E-state index in [0.29, 0.717) is 10.7 Å². The molecule has 0 saturated carbocycles. The van der Waals surface area contributed by atoms with E-state index >= 15 is 0 Å². The molecule has 0 radical (unpaired) electrons. The first-order valence-corrected chi connectivity index (χ1v) is 10.3. The Kier molecular flexibility index (Phi) is 4.71. The molecule has 3 aromatic carbocycles. The van der Waals surface area contributed by atoms with Gasteiger partial charge in [-0.25, -0.2) is 0 Å². The Balaban J connectivity index is 1.86. The lowest BCUT2D eigenvalue weighted by molar-refractivity contribution is -0.0851. The van der Waals surface area contributed by atoms with Crippen LogP contribution in [-0.2, 0) is 15.0 Å². The average molecular weight is 430 g/mol. The van der Waals surface area contributed by atoms with Gasteiger partial charge in [-0.05, 0) is 52.6 Å². The van der Waals surface area contributed by atoms with Gasteiger partial charge in [-0.3, -0.25) is 5.01 Å². The molecule has 0 atom stereocenters. The van der Waals surface area contributed by atoms with Crippen LogP contribution in [0, 0.1) is 11.5 Å². The van der Waals surface area contributed by atoms with Crippen LogP contribution in [0.25, 0.3) is 11.1 Å². The number of ether oxygens (including phenoxy) is 2. The molecule has 6 heteroatoms. The van der Waals surface area contributed by atoms with E-state index < -0.39 is 11.8 Å². The van der Waals surface area contributed by atoms with E-state index in [4.69, 9.17) is 21.1 Å². The quantitative estimate of drug-likeness (QED) is 0.417. The zero-order valence-electron chi connectivity index (χ0n) is 17.1. The second-order valence-electron chi connectivity index (χ2n) is 7.43. The highest BCUT2D eigenvalue weighted by Gasteiger charge is 2.54. The topological polar surface area (TPSA) is 48.7 Å². The summed E-state index contributed by atoms with van der Waals surface area (Å²) in [4.78, 5) is 0. The molecule has 5 nitrogen and oxygen atoms in total. The number of hydrazine groups is 1. The summed E-state index contributed by atoms with van der Waals surface area (Å²) in [5, 5.41) is 14.4. The Morgan fingerprint density at radius 1 is 0.871 bits per heavy atom. The lowest BCUT2D eigenvalue weighted by Gasteiger charge is -2.40. The standard InChI is InChI=1S/C25H20ClN3O2/c1-30-24(31-2)23-15-25(29(28(23)16-27)18-13-11-17(26)12-14-18)21-9-5-3-7-19(21)20-8-4-6-10-22(20)25/h3-15,24H,1-2H3. The highest BCUT2D eigenvalue weighted by atomic mass is 35.5. The van der Waals surface area contributed by atoms with Gasteiger partial charge in [0.2, 0.25) is 12.5 Å². The molecule has 0 amide bonds. The predicted octanol–water partition coefficient (Wildman–Crippen LogP) is 5.29. The number of hydrogen-bond acceptors (Lipinski definition) is 5. The molecule has 3 aromatic rings. The molecule has 154 valence electrons. The Hall–Kier alpha value is -3.30. The first-order chi connectivity index (χ1) is 15.2. The minimum absolute atomic E-state index is 0.619. The molecular formula is C25H20ClN3O2. The van der Waals surface area contributed by atoms with Crippen molar-refractivity contribution in [3.05, 3.63) is 101 Å². The Morgan fingerprint density at radius 2 is 1.42 bits per heavy atom. The van der Waals surface area contributed by atoms with Gasteiger partial charge in [0, 0.05) is 19.2 Å². The number of nitriles is 1. The van der Waals surface area contributed by atoms with Gasteiger partial charge in [0.05, 0.1) is 5.69 Å². The summed E-state index contributed by atoms with van der Waals surface area (Å²) in [5.41, 5.74) is 5.17. The van der Waals surface area contributed by atoms with E-state index in [9.17, 15) is 5.26 Å². The van der Waals surface area contributed by atoms with Gasteiger partial charge in [-0.2, -0.15) is 10.3 Å². The highest BCUT2D eigenvalue weighted by Crippen LogP contribution is 2.56. The van der Waals surface area contributed by atoms with E-state index in [1.807, 2.05) is 53.5 Å². The SMILES string of the molecule is COC(OC)C1=CC2(c3ccccc3-c3ccccc32)N(c2ccc(Cl)cc2)N1C#N. The lowest BCUT2D eigenvalue weighted by atomic mass is 9.86. The number of rotatable bonds is 4. The second-order valence-corrected chi connectivity index (χ2v) is 7.87. The molecule has 0 N–H and O–H groups in total. The number of methoxy groups -OCH3 is 2. The summed E-state index contributed by atoms with van der Waals surface area (Å²) in [5.74, 6) is 0. The summed E-state index contributed by atoms with van der Waals surface area (Å²) in [6, 6.07) is 24.1. The molecule has 0 aromatic heterocycles. The van der Waals surface area contributed by atoms with Gasteiger partial charge in [0.15, 0.2) is 0 Å². The van der Waals surface area contributed by atoms with E-state index in [1.165, 1.54) is 0 Å². The second kappa shape index (κ2) is 7.44. The fourth-order valence-corrected chi connectivity index (χ4v) is 4.87. The van der Waals surface area contributed by atoms with Crippen molar-refractivity contribution in [1.29, 1.82) is 5.26 Å². The summed E-state index contributed by atoms with van der Waals surface area (Å²) in [7, 11) is 3.14. The first-order valence-electron chi connectivity index (χ1n) is 9.89. The molecular weight excluding hydrogens is 410 g/mol. The molecule has 5 rings (SSSR count). The molecule has 0 unspecified atom stereocenters. The monoisotopic (exact) mass is 429 g/mol. The molecule has 0 fully saturated rings. The minimum Gasteiger partial charge on any atom is -0.350 e. The zero-order chi connectivity index (χ0) is 21.6. The van der Waals surface area contributed by atoms with Crippen LogP contribution in [0.2, 0.25) is 5.02 Å². The smallest absolute Gasteiger partial charge is 0.205 e. The molecule has 2 aliphatic rings. The Labute approximate surface area is 186 Å². The average Bonchev–Trinajstić information content (AvgIpc) is 3.30. The summed E-state index contributed by atoms with van der Waals surface area (Å²) in [6.07, 6.45) is 3.71. The normalized spacial score (nSPS) is 15.8. The molecule has 31 heavy (non-hydrogen) atoms. The number of benzene rings is 3. The van der Waals surface area contributed by atoms with Crippen molar-refractivity contribution < 1.29 is 9.47 Å². The van der Waals surface area contributed by atoms with Crippen LogP contribution >= 0.6 is 11.6 Å². The van der Waals surface area contributed by atoms with Crippen LogP contribution < -0.4 is 5.01 Å². The van der Waals surface area contributed by atoms with Crippen LogP contribution in [0.1, 0.15) is 11.1 Å². The van der Waals surface area contributed by atoms with Crippen molar-refractivity contribution in [1.82, 2.24) is 5.01 Å². The highest BCUT2D eigenvalue weighted by molar-refractivity contribution is 6.30. The van der Waals surface area contributed by atoms with Crippen molar-refractivity contribution in [2.24, 2.45) is 0 Å². The van der Waals surface area contributed by atoms with Crippen LogP contribution in [0.15, 0.2) is 84.6 Å². The largest absolute Gasteiger partial charge is 0.350 e. The van der Waals surface area contributed by atoms with Crippen LogP contribution in [-0.4, -0.2) is 25.5 Å². The first kappa shape index (κ1) is 19.7. The van der Waals surface area contributed by atoms with Gasteiger partial charge in [-0.15, -0.1) is 0 Å². The van der Waals surface area contributed by atoms with Crippen LogP contribution in [0.4, 0.5) is 5.69 Å². The van der Waals surface area contributed by atoms with Crippen LogP contribution in [0.3, 0.4) is 0 Å². The van der Waals surface area contributed by atoms with Gasteiger partial charge < -0.3 is 9.47 Å². The maximum Gasteiger partial charge on any atom is 0.205 e. The maximum absolute atomic E-state index is 10.3. The lowest BCUT2D eigenvalue weighted by Crippen LogP contribution is -2.48. The molecule has 0 bridgehead atoms. The Bertz CT molecular complexity index is 1170. The third-order valence-electron chi connectivity index (χ3n) is 5.94. The third-order valence-corrected chi connectivity index (χ3v) is 6.19. The number of fused-ring (bicyclic) bond motifs is 5. The molecule has 0 saturated heterocycles. The van der Waals surface area contributed by atoms with E-state index in [-0.39, 0.29) is 0 Å². The molecule has 1 spiro atoms. The Morgan fingerprint density at radius 3 is 1.94 bits per heavy atom. The van der Waals surface area contributed by atoms with Gasteiger partial charge in [0.25, 0.3) is 0 Å². The van der Waals surface area contributed by atoms with Crippen molar-refractivity contribution in [3.63, 3.8) is 0 Å². The number of halogens is 1. The van der Waals surface area contributed by atoms with Gasteiger partial charge in [0.1, 0.15) is 11.2 Å². The van der Waals surface area contributed by atoms with E-state index in [1.54, 1.807) is 19.2 Å². The molecule has 1 aliphatic carbocycles. The van der Waals surface area contributed by atoms with Crippen molar-refractivity contribution >= 4 is 17.3 Å². The maximum atomic E-state index is 10.3. The molecule has 1 heterocycles. The number of hydrogen-bond donors (Lipinski definition) is 0. The number of anilines is 1.